The summed E-state index contributed by atoms with van der Waals surface area (Å²) in [6.45, 7) is 4.55. The first-order chi connectivity index (χ1) is 12.5. The van der Waals surface area contributed by atoms with Crippen LogP contribution in [0.3, 0.4) is 0 Å². The van der Waals surface area contributed by atoms with Crippen LogP contribution < -0.4 is 14.8 Å². The summed E-state index contributed by atoms with van der Waals surface area (Å²) in [6, 6.07) is 10.8. The van der Waals surface area contributed by atoms with Gasteiger partial charge in [-0.15, -0.1) is 0 Å². The van der Waals surface area contributed by atoms with Crippen LogP contribution in [0, 0.1) is 6.92 Å². The Balaban J connectivity index is 1.55. The fourth-order valence-electron chi connectivity index (χ4n) is 2.38. The molecular formula is C19H19ClN2O4. The maximum atomic E-state index is 11.9. The number of hydrogen-bond acceptors (Lipinski definition) is 5. The van der Waals surface area contributed by atoms with Crippen LogP contribution in [-0.2, 0) is 9.63 Å². The smallest absolute Gasteiger partial charge is 0.265 e. The molecule has 2 aromatic rings. The van der Waals surface area contributed by atoms with E-state index in [1.54, 1.807) is 19.1 Å². The fourth-order valence-corrected chi connectivity index (χ4v) is 2.56. The van der Waals surface area contributed by atoms with Crippen LogP contribution in [0.2, 0.25) is 5.02 Å². The van der Waals surface area contributed by atoms with Crippen molar-refractivity contribution in [3.8, 4) is 11.5 Å². The number of nitrogens with zero attached hydrogens (tertiary/aromatic N) is 1. The highest BCUT2D eigenvalue weighted by atomic mass is 35.5. The van der Waals surface area contributed by atoms with E-state index in [2.05, 4.69) is 10.5 Å². The summed E-state index contributed by atoms with van der Waals surface area (Å²) < 4.78 is 11.0. The highest BCUT2D eigenvalue weighted by molar-refractivity contribution is 6.31. The third-order valence-corrected chi connectivity index (χ3v) is 4.22. The Hall–Kier alpha value is -2.73. The van der Waals surface area contributed by atoms with E-state index < -0.39 is 0 Å². The highest BCUT2D eigenvalue weighted by Crippen LogP contribution is 2.30. The molecule has 3 rings (SSSR count). The lowest BCUT2D eigenvalue weighted by atomic mass is 10.1. The van der Waals surface area contributed by atoms with Crippen molar-refractivity contribution in [3.63, 3.8) is 0 Å². The predicted octanol–water partition coefficient (Wildman–Crippen LogP) is 3.80. The van der Waals surface area contributed by atoms with Gasteiger partial charge in [0.2, 0.25) is 0 Å². The molecule has 0 saturated carbocycles. The number of carbonyl (C=O) groups excluding carboxylic acids is 1. The number of nitrogens with one attached hydrogen (secondary N) is 1. The number of rotatable bonds is 5. The second-order valence-corrected chi connectivity index (χ2v) is 6.23. The van der Waals surface area contributed by atoms with Crippen LogP contribution in [0.4, 0.5) is 5.69 Å². The van der Waals surface area contributed by atoms with Crippen LogP contribution in [0.5, 0.6) is 11.5 Å². The first-order valence-corrected chi connectivity index (χ1v) is 8.53. The molecule has 0 radical (unpaired) electrons. The van der Waals surface area contributed by atoms with Gasteiger partial charge in [-0.2, -0.15) is 0 Å². The number of carbonyl (C=O) groups is 1. The molecule has 0 aliphatic carbocycles. The Morgan fingerprint density at radius 3 is 2.73 bits per heavy atom. The first kappa shape index (κ1) is 18.1. The minimum absolute atomic E-state index is 0.201. The number of ether oxygens (including phenoxy) is 2. The van der Waals surface area contributed by atoms with Gasteiger partial charge in [0.25, 0.3) is 5.91 Å². The molecule has 1 aliphatic heterocycles. The molecule has 0 atom stereocenters. The van der Waals surface area contributed by atoms with Gasteiger partial charge in [-0.1, -0.05) is 22.8 Å². The van der Waals surface area contributed by atoms with E-state index in [-0.39, 0.29) is 12.5 Å². The van der Waals surface area contributed by atoms with Crippen molar-refractivity contribution in [3.05, 3.63) is 52.5 Å². The molecule has 26 heavy (non-hydrogen) atoms. The zero-order valence-corrected chi connectivity index (χ0v) is 15.3. The summed E-state index contributed by atoms with van der Waals surface area (Å²) in [5.41, 5.74) is 3.02. The van der Waals surface area contributed by atoms with Crippen molar-refractivity contribution in [2.75, 3.05) is 25.1 Å². The summed E-state index contributed by atoms with van der Waals surface area (Å²) >= 11 is 6.04. The van der Waals surface area contributed by atoms with Gasteiger partial charge in [-0.05, 0) is 49.7 Å². The summed E-state index contributed by atoms with van der Waals surface area (Å²) in [6.07, 6.45) is 0. The predicted molar refractivity (Wildman–Crippen MR) is 100 cm³/mol. The van der Waals surface area contributed by atoms with Gasteiger partial charge in [-0.3, -0.25) is 4.79 Å². The molecule has 0 bridgehead atoms. The third kappa shape index (κ3) is 4.46. The van der Waals surface area contributed by atoms with Gasteiger partial charge >= 0.3 is 0 Å². The standard InChI is InChI=1S/C19H19ClN2O4/c1-12-3-5-15(10-16(12)20)21-19(23)11-26-22-13(2)14-4-6-17-18(9-14)25-8-7-24-17/h3-6,9-10H,7-8,11H2,1-2H3,(H,21,23). The zero-order valence-electron chi connectivity index (χ0n) is 14.5. The lowest BCUT2D eigenvalue weighted by Gasteiger charge is -2.18. The van der Waals surface area contributed by atoms with Crippen molar-refractivity contribution in [1.82, 2.24) is 0 Å². The molecule has 0 aromatic heterocycles. The summed E-state index contributed by atoms with van der Waals surface area (Å²) in [7, 11) is 0. The number of anilines is 1. The van der Waals surface area contributed by atoms with E-state index in [4.69, 9.17) is 25.9 Å². The van der Waals surface area contributed by atoms with Gasteiger partial charge in [0.15, 0.2) is 18.1 Å². The van der Waals surface area contributed by atoms with Gasteiger partial charge in [0, 0.05) is 16.3 Å². The lowest BCUT2D eigenvalue weighted by Crippen LogP contribution is -2.17. The molecule has 0 unspecified atom stereocenters. The zero-order chi connectivity index (χ0) is 18.5. The van der Waals surface area contributed by atoms with E-state index in [9.17, 15) is 4.79 Å². The lowest BCUT2D eigenvalue weighted by molar-refractivity contribution is -0.120. The Bertz CT molecular complexity index is 851. The minimum atomic E-state index is -0.316. The number of halogens is 1. The first-order valence-electron chi connectivity index (χ1n) is 8.15. The van der Waals surface area contributed by atoms with Crippen molar-refractivity contribution in [2.24, 2.45) is 5.16 Å². The quantitative estimate of drug-likeness (QED) is 0.638. The van der Waals surface area contributed by atoms with E-state index >= 15 is 0 Å². The molecule has 7 heteroatoms. The number of benzene rings is 2. The Morgan fingerprint density at radius 2 is 1.96 bits per heavy atom. The number of hydrogen-bond donors (Lipinski definition) is 1. The van der Waals surface area contributed by atoms with Gasteiger partial charge < -0.3 is 19.6 Å². The maximum absolute atomic E-state index is 11.9. The normalized spacial score (nSPS) is 13.3. The van der Waals surface area contributed by atoms with Crippen LogP contribution in [0.15, 0.2) is 41.6 Å². The van der Waals surface area contributed by atoms with Crippen LogP contribution in [-0.4, -0.2) is 31.4 Å². The topological polar surface area (TPSA) is 69.2 Å². The number of fused-ring (bicyclic) bond motifs is 1. The summed E-state index contributed by atoms with van der Waals surface area (Å²) in [5, 5.41) is 7.29. The maximum Gasteiger partial charge on any atom is 0.265 e. The third-order valence-electron chi connectivity index (χ3n) is 3.81. The molecule has 136 valence electrons. The highest BCUT2D eigenvalue weighted by Gasteiger charge is 2.13. The van der Waals surface area contributed by atoms with E-state index in [1.807, 2.05) is 31.2 Å². The average Bonchev–Trinajstić information content (AvgIpc) is 2.64. The van der Waals surface area contributed by atoms with E-state index in [0.29, 0.717) is 41.1 Å². The van der Waals surface area contributed by atoms with E-state index in [1.165, 1.54) is 0 Å². The average molecular weight is 375 g/mol. The molecule has 2 aromatic carbocycles. The van der Waals surface area contributed by atoms with Crippen LogP contribution in [0.25, 0.3) is 0 Å². The monoisotopic (exact) mass is 374 g/mol. The van der Waals surface area contributed by atoms with Crippen molar-refractivity contribution < 1.29 is 19.1 Å². The van der Waals surface area contributed by atoms with Crippen molar-refractivity contribution >= 4 is 28.9 Å². The second kappa shape index (κ2) is 8.10. The van der Waals surface area contributed by atoms with Gasteiger partial charge in [0.1, 0.15) is 13.2 Å². The molecule has 0 saturated heterocycles. The Kier molecular flexibility index (Phi) is 5.63. The number of aryl methyl sites for hydroxylation is 1. The molecule has 1 amide bonds. The molecule has 6 nitrogen and oxygen atoms in total. The van der Waals surface area contributed by atoms with E-state index in [0.717, 1.165) is 11.1 Å². The van der Waals surface area contributed by atoms with Crippen LogP contribution >= 0.6 is 11.6 Å². The molecular weight excluding hydrogens is 356 g/mol. The Morgan fingerprint density at radius 1 is 1.19 bits per heavy atom. The summed E-state index contributed by atoms with van der Waals surface area (Å²) in [4.78, 5) is 17.1. The summed E-state index contributed by atoms with van der Waals surface area (Å²) in [5.74, 6) is 1.07. The molecule has 1 N–H and O–H groups in total. The molecule has 1 heterocycles. The molecule has 0 spiro atoms. The Labute approximate surface area is 156 Å². The fraction of sp³-hybridized carbons (Fsp3) is 0.263. The van der Waals surface area contributed by atoms with Crippen molar-refractivity contribution in [2.45, 2.75) is 13.8 Å². The van der Waals surface area contributed by atoms with Gasteiger partial charge in [0.05, 0.1) is 5.71 Å². The minimum Gasteiger partial charge on any atom is -0.486 e. The SMILES string of the molecule is CC(=NOCC(=O)Nc1ccc(C)c(Cl)c1)c1ccc2c(c1)OCCO2. The second-order valence-electron chi connectivity index (χ2n) is 5.82. The number of amides is 1. The van der Waals surface area contributed by atoms with Crippen LogP contribution in [0.1, 0.15) is 18.1 Å². The van der Waals surface area contributed by atoms with Gasteiger partial charge in [-0.25, -0.2) is 0 Å². The van der Waals surface area contributed by atoms with Crippen molar-refractivity contribution in [1.29, 1.82) is 0 Å². The largest absolute Gasteiger partial charge is 0.486 e. The number of oxime groups is 1. The molecule has 1 aliphatic rings. The molecule has 0 fully saturated rings.